The van der Waals surface area contributed by atoms with E-state index in [1.165, 1.54) is 10.9 Å². The third-order valence-corrected chi connectivity index (χ3v) is 3.52. The van der Waals surface area contributed by atoms with E-state index in [9.17, 15) is 0 Å². The van der Waals surface area contributed by atoms with Gasteiger partial charge in [-0.05, 0) is 23.9 Å². The fourth-order valence-electron chi connectivity index (χ4n) is 1.88. The number of rotatable bonds is 3. The van der Waals surface area contributed by atoms with Crippen molar-refractivity contribution in [1.82, 2.24) is 15.2 Å². The summed E-state index contributed by atoms with van der Waals surface area (Å²) < 4.78 is 0. The monoisotopic (exact) mass is 256 g/mol. The van der Waals surface area contributed by atoms with Gasteiger partial charge in [0.15, 0.2) is 0 Å². The molecule has 3 aromatic rings. The first-order valence-corrected chi connectivity index (χ1v) is 6.50. The molecular weight excluding hydrogens is 244 g/mol. The van der Waals surface area contributed by atoms with E-state index in [2.05, 4.69) is 32.6 Å². The largest absolute Gasteiger partial charge is 0.356 e. The van der Waals surface area contributed by atoms with Crippen LogP contribution in [0.1, 0.15) is 10.6 Å². The third kappa shape index (κ3) is 2.17. The summed E-state index contributed by atoms with van der Waals surface area (Å²) in [6.07, 6.45) is 3.70. The molecule has 2 aromatic heterocycles. The summed E-state index contributed by atoms with van der Waals surface area (Å²) in [5, 5.41) is 15.6. The Hall–Kier alpha value is -2.01. The minimum Gasteiger partial charge on any atom is -0.356 e. The molecule has 0 aliphatic carbocycles. The number of hydrogen-bond donors (Lipinski definition) is 1. The van der Waals surface area contributed by atoms with Crippen LogP contribution in [0.2, 0.25) is 0 Å². The zero-order valence-corrected chi connectivity index (χ0v) is 10.7. The molecule has 0 saturated heterocycles. The molecule has 5 heteroatoms. The van der Waals surface area contributed by atoms with Gasteiger partial charge in [-0.2, -0.15) is 0 Å². The van der Waals surface area contributed by atoms with Crippen LogP contribution in [0.15, 0.2) is 36.7 Å². The van der Waals surface area contributed by atoms with Crippen molar-refractivity contribution in [3.05, 3.63) is 47.2 Å². The van der Waals surface area contributed by atoms with Crippen molar-refractivity contribution in [3.8, 4) is 0 Å². The highest BCUT2D eigenvalue weighted by atomic mass is 32.1. The smallest absolute Gasteiger partial charge is 0.205 e. The topological polar surface area (TPSA) is 50.7 Å². The molecule has 2 heterocycles. The van der Waals surface area contributed by atoms with E-state index in [0.29, 0.717) is 0 Å². The van der Waals surface area contributed by atoms with Gasteiger partial charge in [-0.3, -0.25) is 4.98 Å². The number of fused-ring (bicyclic) bond motifs is 1. The quantitative estimate of drug-likeness (QED) is 0.782. The van der Waals surface area contributed by atoms with Crippen LogP contribution in [0.3, 0.4) is 0 Å². The normalized spacial score (nSPS) is 10.7. The Balaban J connectivity index is 1.86. The molecule has 0 unspecified atom stereocenters. The fraction of sp³-hybridized carbons (Fsp3) is 0.154. The van der Waals surface area contributed by atoms with Crippen LogP contribution in [0, 0.1) is 6.92 Å². The zero-order valence-electron chi connectivity index (χ0n) is 9.92. The van der Waals surface area contributed by atoms with E-state index in [0.717, 1.165) is 22.1 Å². The Morgan fingerprint density at radius 1 is 1.22 bits per heavy atom. The molecule has 0 radical (unpaired) electrons. The standard InChI is InChI=1S/C13H12N4S/c1-9-16-17-13(18-9)15-8-11-4-2-3-10-7-14-6-5-12(10)11/h2-7H,8H2,1H3,(H,15,17). The van der Waals surface area contributed by atoms with E-state index < -0.39 is 0 Å². The summed E-state index contributed by atoms with van der Waals surface area (Å²) in [6.45, 7) is 2.70. The third-order valence-electron chi connectivity index (χ3n) is 2.73. The predicted molar refractivity (Wildman–Crippen MR) is 73.7 cm³/mol. The molecular formula is C13H12N4S. The second-order valence-electron chi connectivity index (χ2n) is 3.99. The maximum Gasteiger partial charge on any atom is 0.205 e. The van der Waals surface area contributed by atoms with Gasteiger partial charge in [0.2, 0.25) is 5.13 Å². The first-order valence-electron chi connectivity index (χ1n) is 5.68. The van der Waals surface area contributed by atoms with Crippen LogP contribution in [0.25, 0.3) is 10.8 Å². The number of aryl methyl sites for hydroxylation is 1. The van der Waals surface area contributed by atoms with Crippen molar-refractivity contribution in [2.45, 2.75) is 13.5 Å². The van der Waals surface area contributed by atoms with Crippen LogP contribution in [0.5, 0.6) is 0 Å². The predicted octanol–water partition coefficient (Wildman–Crippen LogP) is 3.01. The number of nitrogens with zero attached hydrogens (tertiary/aromatic N) is 3. The minimum absolute atomic E-state index is 0.746. The lowest BCUT2D eigenvalue weighted by atomic mass is 10.1. The molecule has 90 valence electrons. The zero-order chi connectivity index (χ0) is 12.4. The van der Waals surface area contributed by atoms with E-state index in [-0.39, 0.29) is 0 Å². The Bertz CT molecular complexity index is 672. The van der Waals surface area contributed by atoms with Crippen LogP contribution in [-0.4, -0.2) is 15.2 Å². The molecule has 18 heavy (non-hydrogen) atoms. The van der Waals surface area contributed by atoms with Crippen molar-refractivity contribution >= 4 is 27.2 Å². The van der Waals surface area contributed by atoms with Crippen LogP contribution in [0.4, 0.5) is 5.13 Å². The summed E-state index contributed by atoms with van der Waals surface area (Å²) in [4.78, 5) is 4.13. The second kappa shape index (κ2) is 4.70. The average Bonchev–Trinajstić information content (AvgIpc) is 2.82. The lowest BCUT2D eigenvalue weighted by Gasteiger charge is -2.06. The van der Waals surface area contributed by atoms with Crippen molar-refractivity contribution in [1.29, 1.82) is 0 Å². The lowest BCUT2D eigenvalue weighted by molar-refractivity contribution is 1.03. The molecule has 0 bridgehead atoms. The lowest BCUT2D eigenvalue weighted by Crippen LogP contribution is -1.99. The van der Waals surface area contributed by atoms with E-state index >= 15 is 0 Å². The van der Waals surface area contributed by atoms with E-state index in [1.54, 1.807) is 11.3 Å². The summed E-state index contributed by atoms with van der Waals surface area (Å²) in [7, 11) is 0. The highest BCUT2D eigenvalue weighted by Crippen LogP contribution is 2.20. The SMILES string of the molecule is Cc1nnc(NCc2cccc3cnccc23)s1. The number of aromatic nitrogens is 3. The number of benzene rings is 1. The van der Waals surface area contributed by atoms with Gasteiger partial charge in [-0.1, -0.05) is 29.5 Å². The highest BCUT2D eigenvalue weighted by molar-refractivity contribution is 7.15. The van der Waals surface area contributed by atoms with Gasteiger partial charge in [-0.25, -0.2) is 0 Å². The van der Waals surface area contributed by atoms with Gasteiger partial charge in [0, 0.05) is 24.3 Å². The molecule has 0 spiro atoms. The second-order valence-corrected chi connectivity index (χ2v) is 5.18. The Morgan fingerprint density at radius 3 is 3.00 bits per heavy atom. The molecule has 3 rings (SSSR count). The molecule has 0 aliphatic heterocycles. The Morgan fingerprint density at radius 2 is 2.17 bits per heavy atom. The molecule has 1 aromatic carbocycles. The number of pyridine rings is 1. The number of anilines is 1. The first kappa shape index (κ1) is 11.1. The van der Waals surface area contributed by atoms with Crippen molar-refractivity contribution in [2.24, 2.45) is 0 Å². The molecule has 0 saturated carbocycles. The van der Waals surface area contributed by atoms with Gasteiger partial charge in [-0.15, -0.1) is 10.2 Å². The van der Waals surface area contributed by atoms with Gasteiger partial charge in [0.25, 0.3) is 0 Å². The van der Waals surface area contributed by atoms with E-state index in [4.69, 9.17) is 0 Å². The maximum absolute atomic E-state index is 4.13. The highest BCUT2D eigenvalue weighted by Gasteiger charge is 2.03. The summed E-state index contributed by atoms with van der Waals surface area (Å²) in [5.74, 6) is 0. The fourth-order valence-corrected chi connectivity index (χ4v) is 2.47. The molecule has 1 N–H and O–H groups in total. The van der Waals surface area contributed by atoms with Gasteiger partial charge >= 0.3 is 0 Å². The molecule has 0 aliphatic rings. The summed E-state index contributed by atoms with van der Waals surface area (Å²) in [5.41, 5.74) is 1.24. The maximum atomic E-state index is 4.13. The minimum atomic E-state index is 0.746. The average molecular weight is 256 g/mol. The molecule has 0 atom stereocenters. The van der Waals surface area contributed by atoms with Crippen LogP contribution < -0.4 is 5.32 Å². The number of nitrogens with one attached hydrogen (secondary N) is 1. The van der Waals surface area contributed by atoms with Crippen molar-refractivity contribution < 1.29 is 0 Å². The molecule has 4 nitrogen and oxygen atoms in total. The first-order chi connectivity index (χ1) is 8.83. The van der Waals surface area contributed by atoms with Crippen LogP contribution >= 0.6 is 11.3 Å². The Kier molecular flexibility index (Phi) is 2.90. The number of hydrogen-bond acceptors (Lipinski definition) is 5. The van der Waals surface area contributed by atoms with Gasteiger partial charge < -0.3 is 5.32 Å². The van der Waals surface area contributed by atoms with Gasteiger partial charge in [0.05, 0.1) is 0 Å². The van der Waals surface area contributed by atoms with E-state index in [1.807, 2.05) is 31.5 Å². The molecule has 0 amide bonds. The summed E-state index contributed by atoms with van der Waals surface area (Å²) >= 11 is 1.57. The van der Waals surface area contributed by atoms with Crippen molar-refractivity contribution in [2.75, 3.05) is 5.32 Å². The molecule has 0 fully saturated rings. The Labute approximate surface area is 109 Å². The van der Waals surface area contributed by atoms with Crippen LogP contribution in [-0.2, 0) is 6.54 Å². The summed E-state index contributed by atoms with van der Waals surface area (Å²) in [6, 6.07) is 8.27. The van der Waals surface area contributed by atoms with Gasteiger partial charge in [0.1, 0.15) is 5.01 Å². The van der Waals surface area contributed by atoms with Crippen molar-refractivity contribution in [3.63, 3.8) is 0 Å².